The highest BCUT2D eigenvalue weighted by atomic mass is 19.1. The Morgan fingerprint density at radius 1 is 1.47 bits per heavy atom. The molecule has 0 saturated carbocycles. The number of halogens is 1. The number of carbonyl (C=O) groups excluding carboxylic acids is 1. The van der Waals surface area contributed by atoms with Crippen molar-refractivity contribution < 1.29 is 9.18 Å². The van der Waals surface area contributed by atoms with E-state index in [2.05, 4.69) is 5.92 Å². The van der Waals surface area contributed by atoms with Crippen LogP contribution in [0.25, 0.3) is 0 Å². The summed E-state index contributed by atoms with van der Waals surface area (Å²) in [5.41, 5.74) is 1.17. The van der Waals surface area contributed by atoms with E-state index in [0.29, 0.717) is 17.5 Å². The molecule has 0 aliphatic rings. The maximum absolute atomic E-state index is 11.8. The van der Waals surface area contributed by atoms with E-state index < -0.39 is 0 Å². The van der Waals surface area contributed by atoms with Crippen LogP contribution in [0.2, 0.25) is 0 Å². The Morgan fingerprint density at radius 2 is 2.07 bits per heavy atom. The van der Waals surface area contributed by atoms with Crippen molar-refractivity contribution in [2.45, 2.75) is 0 Å². The minimum Gasteiger partial charge on any atom is -0.316 e. The molecule has 0 saturated heterocycles. The quantitative estimate of drug-likeness (QED) is 0.674. The minimum atomic E-state index is -0.285. The highest BCUT2D eigenvalue weighted by Crippen LogP contribution is 2.06. The van der Waals surface area contributed by atoms with Gasteiger partial charge in [-0.1, -0.05) is 5.92 Å². The summed E-state index contributed by atoms with van der Waals surface area (Å²) in [6.07, 6.45) is 6.54. The Kier molecular flexibility index (Phi) is 3.64. The van der Waals surface area contributed by atoms with Crippen LogP contribution >= 0.6 is 0 Å². The third-order valence-electron chi connectivity index (χ3n) is 1.90. The highest BCUT2D eigenvalue weighted by Gasteiger charge is 2.08. The summed E-state index contributed by atoms with van der Waals surface area (Å²) >= 11 is 0. The summed E-state index contributed by atoms with van der Waals surface area (Å²) in [6.45, 7) is 0. The van der Waals surface area contributed by atoms with E-state index in [1.165, 1.54) is 7.05 Å². The average Bonchev–Trinajstić information content (AvgIpc) is 2.28. The largest absolute Gasteiger partial charge is 0.316 e. The van der Waals surface area contributed by atoms with Crippen LogP contribution in [0.4, 0.5) is 4.39 Å². The molecule has 0 aliphatic heterocycles. The number of terminal acetylenes is 1. The van der Waals surface area contributed by atoms with E-state index in [0.717, 1.165) is 11.1 Å². The van der Waals surface area contributed by atoms with Crippen LogP contribution in [0.1, 0.15) is 15.9 Å². The smallest absolute Gasteiger partial charge is 0.257 e. The molecular weight excluding hydrogens is 193 g/mol. The van der Waals surface area contributed by atoms with Crippen LogP contribution in [0.15, 0.2) is 36.8 Å². The fourth-order valence-corrected chi connectivity index (χ4v) is 1.06. The van der Waals surface area contributed by atoms with Crippen molar-refractivity contribution in [2.75, 3.05) is 7.05 Å². The number of rotatable bonds is 2. The third kappa shape index (κ3) is 2.68. The molecule has 0 radical (unpaired) electrons. The molecule has 0 aliphatic carbocycles. The van der Waals surface area contributed by atoms with Crippen LogP contribution in [0.5, 0.6) is 0 Å². The predicted octanol–water partition coefficient (Wildman–Crippen LogP) is 2.18. The number of benzene rings is 1. The SMILES string of the molecule is C#Cc1ccc(C(=O)N(C)/C=C\F)cc1. The van der Waals surface area contributed by atoms with Gasteiger partial charge in [0.05, 0.1) is 0 Å². The molecule has 0 heterocycles. The van der Waals surface area contributed by atoms with Crippen LogP contribution < -0.4 is 0 Å². The van der Waals surface area contributed by atoms with Crippen LogP contribution in [0.3, 0.4) is 0 Å². The first-order valence-corrected chi connectivity index (χ1v) is 4.29. The molecule has 0 N–H and O–H groups in total. The van der Waals surface area contributed by atoms with Gasteiger partial charge in [-0.15, -0.1) is 6.42 Å². The lowest BCUT2D eigenvalue weighted by Crippen LogP contribution is -2.20. The zero-order valence-electron chi connectivity index (χ0n) is 8.27. The first-order valence-electron chi connectivity index (χ1n) is 4.29. The van der Waals surface area contributed by atoms with E-state index in [1.54, 1.807) is 24.3 Å². The molecule has 0 unspecified atom stereocenters. The standard InChI is InChI=1S/C12H10FNO/c1-3-10-4-6-11(7-5-10)12(15)14(2)9-8-13/h1,4-9H,2H3/b9-8-. The second-order valence-corrected chi connectivity index (χ2v) is 2.91. The second kappa shape index (κ2) is 4.97. The zero-order valence-corrected chi connectivity index (χ0v) is 8.27. The lowest BCUT2D eigenvalue weighted by molar-refractivity contribution is 0.0848. The number of hydrogen-bond donors (Lipinski definition) is 0. The predicted molar refractivity (Wildman–Crippen MR) is 56.7 cm³/mol. The molecule has 0 fully saturated rings. The molecule has 15 heavy (non-hydrogen) atoms. The maximum Gasteiger partial charge on any atom is 0.257 e. The molecule has 1 rings (SSSR count). The van der Waals surface area contributed by atoms with Crippen molar-refractivity contribution in [3.63, 3.8) is 0 Å². The number of carbonyl (C=O) groups is 1. The van der Waals surface area contributed by atoms with Gasteiger partial charge in [0.2, 0.25) is 0 Å². The maximum atomic E-state index is 11.8. The molecule has 2 nitrogen and oxygen atoms in total. The van der Waals surface area contributed by atoms with Gasteiger partial charge in [0.25, 0.3) is 5.91 Å². The molecule has 0 spiro atoms. The number of amides is 1. The van der Waals surface area contributed by atoms with Gasteiger partial charge in [-0.3, -0.25) is 4.79 Å². The molecule has 0 aromatic heterocycles. The number of hydrogen-bond acceptors (Lipinski definition) is 1. The Bertz CT molecular complexity index is 414. The summed E-state index contributed by atoms with van der Waals surface area (Å²) in [5.74, 6) is 2.16. The van der Waals surface area contributed by atoms with Gasteiger partial charge in [0.15, 0.2) is 0 Å². The van der Waals surface area contributed by atoms with E-state index in [-0.39, 0.29) is 5.91 Å². The average molecular weight is 203 g/mol. The lowest BCUT2D eigenvalue weighted by atomic mass is 10.1. The van der Waals surface area contributed by atoms with Gasteiger partial charge in [0.1, 0.15) is 6.33 Å². The van der Waals surface area contributed by atoms with E-state index >= 15 is 0 Å². The topological polar surface area (TPSA) is 20.3 Å². The van der Waals surface area contributed by atoms with Crippen LogP contribution in [-0.4, -0.2) is 17.9 Å². The van der Waals surface area contributed by atoms with Gasteiger partial charge in [-0.2, -0.15) is 0 Å². The summed E-state index contributed by atoms with van der Waals surface area (Å²) in [4.78, 5) is 12.7. The van der Waals surface area contributed by atoms with Crippen molar-refractivity contribution in [1.29, 1.82) is 0 Å². The van der Waals surface area contributed by atoms with E-state index in [9.17, 15) is 9.18 Å². The summed E-state index contributed by atoms with van der Waals surface area (Å²) in [6, 6.07) is 6.56. The minimum absolute atomic E-state index is 0.285. The van der Waals surface area contributed by atoms with Crippen molar-refractivity contribution in [2.24, 2.45) is 0 Å². The summed E-state index contributed by atoms with van der Waals surface area (Å²) in [7, 11) is 1.48. The Balaban J connectivity index is 2.88. The first-order chi connectivity index (χ1) is 7.19. The highest BCUT2D eigenvalue weighted by molar-refractivity contribution is 5.94. The van der Waals surface area contributed by atoms with Gasteiger partial charge in [0, 0.05) is 24.4 Å². The summed E-state index contributed by atoms with van der Waals surface area (Å²) < 4.78 is 11.8. The zero-order chi connectivity index (χ0) is 11.3. The molecule has 3 heteroatoms. The first kappa shape index (κ1) is 11.0. The fraction of sp³-hybridized carbons (Fsp3) is 0.0833. The van der Waals surface area contributed by atoms with Gasteiger partial charge < -0.3 is 4.90 Å². The molecule has 76 valence electrons. The monoisotopic (exact) mass is 203 g/mol. The second-order valence-electron chi connectivity index (χ2n) is 2.91. The fourth-order valence-electron chi connectivity index (χ4n) is 1.06. The van der Waals surface area contributed by atoms with Gasteiger partial charge >= 0.3 is 0 Å². The third-order valence-corrected chi connectivity index (χ3v) is 1.90. The van der Waals surface area contributed by atoms with Crippen molar-refractivity contribution >= 4 is 5.91 Å². The molecule has 1 amide bonds. The van der Waals surface area contributed by atoms with Gasteiger partial charge in [-0.25, -0.2) is 4.39 Å². The molecule has 1 aromatic carbocycles. The number of nitrogens with zero attached hydrogens (tertiary/aromatic N) is 1. The van der Waals surface area contributed by atoms with Crippen LogP contribution in [-0.2, 0) is 0 Å². The molecule has 0 atom stereocenters. The van der Waals surface area contributed by atoms with E-state index in [4.69, 9.17) is 6.42 Å². The Hall–Kier alpha value is -2.08. The normalized spacial score (nSPS) is 9.93. The lowest BCUT2D eigenvalue weighted by Gasteiger charge is -2.10. The molecule has 1 aromatic rings. The Morgan fingerprint density at radius 3 is 2.53 bits per heavy atom. The van der Waals surface area contributed by atoms with Gasteiger partial charge in [-0.05, 0) is 24.3 Å². The Labute approximate surface area is 88.0 Å². The van der Waals surface area contributed by atoms with Crippen LogP contribution in [0, 0.1) is 12.3 Å². The van der Waals surface area contributed by atoms with E-state index in [1.807, 2.05) is 0 Å². The van der Waals surface area contributed by atoms with Crippen molar-refractivity contribution in [3.8, 4) is 12.3 Å². The van der Waals surface area contributed by atoms with Crippen molar-refractivity contribution in [1.82, 2.24) is 4.90 Å². The van der Waals surface area contributed by atoms with Crippen molar-refractivity contribution in [3.05, 3.63) is 47.9 Å². The molecule has 0 bridgehead atoms. The summed E-state index contributed by atoms with van der Waals surface area (Å²) in [5, 5.41) is 0. The molecular formula is C12H10FNO.